The van der Waals surface area contributed by atoms with Gasteiger partial charge in [-0.05, 0) is 13.5 Å². The van der Waals surface area contributed by atoms with Crippen LogP contribution in [0.15, 0.2) is 0 Å². The van der Waals surface area contributed by atoms with Crippen LogP contribution in [0.5, 0.6) is 0 Å². The Hall–Kier alpha value is -0.160. The van der Waals surface area contributed by atoms with E-state index < -0.39 is 0 Å². The Kier molecular flexibility index (Phi) is 12.8. The fourth-order valence-corrected chi connectivity index (χ4v) is 1.49. The number of hydrogen-bond acceptors (Lipinski definition) is 4. The van der Waals surface area contributed by atoms with Gasteiger partial charge in [0.05, 0.1) is 19.8 Å². The third kappa shape index (κ3) is 9.09. The van der Waals surface area contributed by atoms with Crippen molar-refractivity contribution in [2.45, 2.75) is 20.3 Å². The van der Waals surface area contributed by atoms with Gasteiger partial charge in [-0.3, -0.25) is 4.90 Å². The number of nitrogens with zero attached hydrogens (tertiary/aromatic N) is 1. The maximum absolute atomic E-state index is 5.44. The number of rotatable bonds is 7. The van der Waals surface area contributed by atoms with Gasteiger partial charge in [0.2, 0.25) is 0 Å². The maximum Gasteiger partial charge on any atom is 0.0594 e. The van der Waals surface area contributed by atoms with Crippen molar-refractivity contribution in [2.75, 3.05) is 59.7 Å². The molecule has 0 aromatic heterocycles. The second-order valence-corrected chi connectivity index (χ2v) is 3.52. The second-order valence-electron chi connectivity index (χ2n) is 3.52. The highest BCUT2D eigenvalue weighted by Gasteiger charge is 2.08. The Morgan fingerprint density at radius 1 is 1.19 bits per heavy atom. The van der Waals surface area contributed by atoms with E-state index in [1.54, 1.807) is 0 Å². The minimum Gasteiger partial charge on any atom is -0.380 e. The van der Waals surface area contributed by atoms with Crippen LogP contribution in [-0.2, 0) is 9.47 Å². The van der Waals surface area contributed by atoms with Crippen molar-refractivity contribution in [3.8, 4) is 0 Å². The first-order chi connectivity index (χ1) is 7.93. The van der Waals surface area contributed by atoms with Crippen molar-refractivity contribution in [3.05, 3.63) is 0 Å². The lowest BCUT2D eigenvalue weighted by molar-refractivity contribution is 0.0321. The van der Waals surface area contributed by atoms with Gasteiger partial charge in [-0.25, -0.2) is 0 Å². The van der Waals surface area contributed by atoms with Crippen molar-refractivity contribution in [1.29, 1.82) is 0 Å². The van der Waals surface area contributed by atoms with E-state index in [4.69, 9.17) is 9.47 Å². The summed E-state index contributed by atoms with van der Waals surface area (Å²) in [7, 11) is 1.94. The third-order valence-electron chi connectivity index (χ3n) is 2.36. The molecule has 0 radical (unpaired) electrons. The lowest BCUT2D eigenvalue weighted by Crippen LogP contribution is -2.37. The molecular formula is C12H28N2O2. The first-order valence-electron chi connectivity index (χ1n) is 6.46. The Bertz CT molecular complexity index is 128. The van der Waals surface area contributed by atoms with Gasteiger partial charge < -0.3 is 14.8 Å². The monoisotopic (exact) mass is 232 g/mol. The minimum absolute atomic E-state index is 0.819. The summed E-state index contributed by atoms with van der Waals surface area (Å²) in [6.07, 6.45) is 1.13. The quantitative estimate of drug-likeness (QED) is 0.663. The van der Waals surface area contributed by atoms with E-state index in [-0.39, 0.29) is 0 Å². The first kappa shape index (κ1) is 15.8. The van der Waals surface area contributed by atoms with E-state index in [0.717, 1.165) is 59.0 Å². The van der Waals surface area contributed by atoms with Crippen LogP contribution < -0.4 is 5.32 Å². The molecule has 98 valence electrons. The smallest absolute Gasteiger partial charge is 0.0594 e. The fraction of sp³-hybridized carbons (Fsp3) is 1.00. The lowest BCUT2D eigenvalue weighted by atomic mass is 10.3. The Labute approximate surface area is 100 Å². The van der Waals surface area contributed by atoms with E-state index in [1.165, 1.54) is 0 Å². The molecule has 4 nitrogen and oxygen atoms in total. The molecule has 1 saturated heterocycles. The van der Waals surface area contributed by atoms with Gasteiger partial charge in [-0.1, -0.05) is 13.8 Å². The summed E-state index contributed by atoms with van der Waals surface area (Å²) in [6, 6.07) is 0. The van der Waals surface area contributed by atoms with E-state index in [1.807, 2.05) is 20.9 Å². The predicted octanol–water partition coefficient (Wildman–Crippen LogP) is 0.971. The summed E-state index contributed by atoms with van der Waals surface area (Å²) in [4.78, 5) is 2.44. The molecule has 0 atom stereocenters. The molecule has 1 fully saturated rings. The molecule has 0 unspecified atom stereocenters. The fourth-order valence-electron chi connectivity index (χ4n) is 1.49. The average molecular weight is 232 g/mol. The summed E-state index contributed by atoms with van der Waals surface area (Å²) < 4.78 is 10.7. The van der Waals surface area contributed by atoms with Crippen molar-refractivity contribution < 1.29 is 9.47 Å². The summed E-state index contributed by atoms with van der Waals surface area (Å²) in [5, 5.41) is 3.06. The van der Waals surface area contributed by atoms with Gasteiger partial charge in [0, 0.05) is 32.8 Å². The van der Waals surface area contributed by atoms with Crippen LogP contribution in [0.1, 0.15) is 20.3 Å². The molecule has 0 bridgehead atoms. The van der Waals surface area contributed by atoms with Gasteiger partial charge in [0.25, 0.3) is 0 Å². The summed E-state index contributed by atoms with van der Waals surface area (Å²) in [5.74, 6) is 0. The molecule has 16 heavy (non-hydrogen) atoms. The molecule has 1 rings (SSSR count). The molecule has 0 aliphatic carbocycles. The highest BCUT2D eigenvalue weighted by molar-refractivity contribution is 4.61. The molecule has 0 amide bonds. The highest BCUT2D eigenvalue weighted by Crippen LogP contribution is 1.97. The number of morpholine rings is 1. The zero-order chi connectivity index (χ0) is 12.1. The van der Waals surface area contributed by atoms with E-state index in [9.17, 15) is 0 Å². The van der Waals surface area contributed by atoms with Crippen LogP contribution >= 0.6 is 0 Å². The van der Waals surface area contributed by atoms with Crippen LogP contribution in [0.2, 0.25) is 0 Å². The Morgan fingerprint density at radius 3 is 2.50 bits per heavy atom. The van der Waals surface area contributed by atoms with Crippen molar-refractivity contribution in [1.82, 2.24) is 10.2 Å². The molecular weight excluding hydrogens is 204 g/mol. The van der Waals surface area contributed by atoms with Gasteiger partial charge in [0.15, 0.2) is 0 Å². The van der Waals surface area contributed by atoms with Crippen LogP contribution in [-0.4, -0.2) is 64.6 Å². The van der Waals surface area contributed by atoms with Gasteiger partial charge >= 0.3 is 0 Å². The van der Waals surface area contributed by atoms with Crippen LogP contribution in [0.25, 0.3) is 0 Å². The second kappa shape index (κ2) is 12.9. The normalized spacial score (nSPS) is 16.7. The van der Waals surface area contributed by atoms with Crippen molar-refractivity contribution >= 4 is 0 Å². The molecule has 0 saturated carbocycles. The number of likely N-dealkylation sites (N-methyl/N-ethyl adjacent to an activating group) is 1. The summed E-state index contributed by atoms with van der Waals surface area (Å²) in [5.41, 5.74) is 0. The Balaban J connectivity index is 0.00000106. The van der Waals surface area contributed by atoms with Crippen LogP contribution in [0.3, 0.4) is 0 Å². The first-order valence-corrected chi connectivity index (χ1v) is 6.46. The number of hydrogen-bond donors (Lipinski definition) is 1. The van der Waals surface area contributed by atoms with E-state index >= 15 is 0 Å². The highest BCUT2D eigenvalue weighted by atomic mass is 16.5. The summed E-state index contributed by atoms with van der Waals surface area (Å²) >= 11 is 0. The molecule has 4 heteroatoms. The number of nitrogens with one attached hydrogen (secondary N) is 1. The zero-order valence-corrected chi connectivity index (χ0v) is 11.1. The molecule has 0 aromatic carbocycles. The Morgan fingerprint density at radius 2 is 1.88 bits per heavy atom. The average Bonchev–Trinajstić information content (AvgIpc) is 2.37. The molecule has 1 heterocycles. The van der Waals surface area contributed by atoms with E-state index in [0.29, 0.717) is 0 Å². The van der Waals surface area contributed by atoms with Crippen molar-refractivity contribution in [2.24, 2.45) is 0 Å². The zero-order valence-electron chi connectivity index (χ0n) is 11.1. The molecule has 0 aromatic rings. The third-order valence-corrected chi connectivity index (χ3v) is 2.36. The SMILES string of the molecule is CC.CNCCOCCCN1CCOCC1. The summed E-state index contributed by atoms with van der Waals surface area (Å²) in [6.45, 7) is 11.7. The maximum atomic E-state index is 5.44. The van der Waals surface area contributed by atoms with Gasteiger partial charge in [0.1, 0.15) is 0 Å². The van der Waals surface area contributed by atoms with Crippen LogP contribution in [0, 0.1) is 0 Å². The molecule has 1 N–H and O–H groups in total. The number of ether oxygens (including phenoxy) is 2. The minimum atomic E-state index is 0.819. The lowest BCUT2D eigenvalue weighted by Gasteiger charge is -2.26. The predicted molar refractivity (Wildman–Crippen MR) is 68.0 cm³/mol. The van der Waals surface area contributed by atoms with Gasteiger partial charge in [-0.15, -0.1) is 0 Å². The topological polar surface area (TPSA) is 33.7 Å². The standard InChI is InChI=1S/C10H22N2O2.C2H6/c1-11-3-8-13-7-2-4-12-5-9-14-10-6-12;1-2/h11H,2-10H2,1H3;1-2H3. The largest absolute Gasteiger partial charge is 0.380 e. The van der Waals surface area contributed by atoms with Gasteiger partial charge in [-0.2, -0.15) is 0 Å². The molecule has 1 aliphatic rings. The molecule has 1 aliphatic heterocycles. The van der Waals surface area contributed by atoms with Crippen molar-refractivity contribution in [3.63, 3.8) is 0 Å². The molecule has 0 spiro atoms. The van der Waals surface area contributed by atoms with Crippen LogP contribution in [0.4, 0.5) is 0 Å². The van der Waals surface area contributed by atoms with E-state index in [2.05, 4.69) is 10.2 Å².